The lowest BCUT2D eigenvalue weighted by Crippen LogP contribution is -2.47. The first-order chi connectivity index (χ1) is 10.2. The van der Waals surface area contributed by atoms with Crippen LogP contribution in [-0.2, 0) is 11.8 Å². The Morgan fingerprint density at radius 2 is 2.29 bits per heavy atom. The van der Waals surface area contributed by atoms with Gasteiger partial charge < -0.3 is 10.5 Å². The third-order valence-electron chi connectivity index (χ3n) is 5.82. The van der Waals surface area contributed by atoms with Gasteiger partial charge in [0.15, 0.2) is 0 Å². The number of ether oxygens (including phenoxy) is 1. The van der Waals surface area contributed by atoms with Gasteiger partial charge in [-0.05, 0) is 67.3 Å². The highest BCUT2D eigenvalue weighted by Crippen LogP contribution is 2.54. The molecule has 2 nitrogen and oxygen atoms in total. The SMILES string of the molecule is C=CC1Cc2ccc(OC)cc2[C@]2(CCN)CCCCC12. The van der Waals surface area contributed by atoms with Crippen molar-refractivity contribution in [2.45, 2.75) is 43.9 Å². The van der Waals surface area contributed by atoms with Crippen molar-refractivity contribution in [1.82, 2.24) is 0 Å². The first kappa shape index (κ1) is 14.6. The number of benzene rings is 1. The van der Waals surface area contributed by atoms with Crippen LogP contribution in [0, 0.1) is 11.8 Å². The van der Waals surface area contributed by atoms with E-state index in [2.05, 4.69) is 30.9 Å². The van der Waals surface area contributed by atoms with E-state index in [-0.39, 0.29) is 5.41 Å². The molecule has 2 aliphatic carbocycles. The van der Waals surface area contributed by atoms with Crippen LogP contribution >= 0.6 is 0 Å². The second kappa shape index (κ2) is 5.84. The highest BCUT2D eigenvalue weighted by Gasteiger charge is 2.48. The number of methoxy groups -OCH3 is 1. The molecule has 0 bridgehead atoms. The summed E-state index contributed by atoms with van der Waals surface area (Å²) in [4.78, 5) is 0. The summed E-state index contributed by atoms with van der Waals surface area (Å²) in [5.41, 5.74) is 9.25. The van der Waals surface area contributed by atoms with E-state index in [0.29, 0.717) is 11.8 Å². The zero-order valence-corrected chi connectivity index (χ0v) is 13.1. The molecular formula is C19H27NO. The minimum absolute atomic E-state index is 0.244. The zero-order valence-electron chi connectivity index (χ0n) is 13.1. The van der Waals surface area contributed by atoms with Gasteiger partial charge in [0.25, 0.3) is 0 Å². The van der Waals surface area contributed by atoms with Crippen molar-refractivity contribution in [3.63, 3.8) is 0 Å². The molecule has 1 aromatic rings. The topological polar surface area (TPSA) is 35.2 Å². The van der Waals surface area contributed by atoms with Crippen LogP contribution in [0.1, 0.15) is 43.2 Å². The van der Waals surface area contributed by atoms with E-state index in [4.69, 9.17) is 10.5 Å². The van der Waals surface area contributed by atoms with Crippen LogP contribution in [0.2, 0.25) is 0 Å². The molecule has 2 aliphatic rings. The van der Waals surface area contributed by atoms with E-state index in [0.717, 1.165) is 25.1 Å². The van der Waals surface area contributed by atoms with Crippen molar-refractivity contribution in [2.75, 3.05) is 13.7 Å². The van der Waals surface area contributed by atoms with Crippen LogP contribution in [0.15, 0.2) is 30.9 Å². The average molecular weight is 285 g/mol. The number of hydrogen-bond acceptors (Lipinski definition) is 2. The molecule has 1 fully saturated rings. The first-order valence-electron chi connectivity index (χ1n) is 8.25. The molecule has 0 saturated heterocycles. The fraction of sp³-hybridized carbons (Fsp3) is 0.579. The van der Waals surface area contributed by atoms with Crippen LogP contribution in [0.5, 0.6) is 5.75 Å². The summed E-state index contributed by atoms with van der Waals surface area (Å²) in [5, 5.41) is 0. The molecule has 21 heavy (non-hydrogen) atoms. The van der Waals surface area contributed by atoms with E-state index >= 15 is 0 Å². The smallest absolute Gasteiger partial charge is 0.119 e. The normalized spacial score (nSPS) is 31.1. The number of nitrogens with two attached hydrogens (primary N) is 1. The lowest BCUT2D eigenvalue weighted by atomic mass is 9.52. The Hall–Kier alpha value is -1.28. The van der Waals surface area contributed by atoms with Crippen LogP contribution < -0.4 is 10.5 Å². The number of rotatable bonds is 4. The molecule has 114 valence electrons. The number of fused-ring (bicyclic) bond motifs is 3. The lowest BCUT2D eigenvalue weighted by Gasteiger charge is -2.52. The molecule has 0 amide bonds. The third-order valence-corrected chi connectivity index (χ3v) is 5.82. The van der Waals surface area contributed by atoms with Crippen molar-refractivity contribution in [3.05, 3.63) is 42.0 Å². The minimum Gasteiger partial charge on any atom is -0.497 e. The van der Waals surface area contributed by atoms with Gasteiger partial charge in [0, 0.05) is 5.41 Å². The first-order valence-corrected chi connectivity index (χ1v) is 8.25. The van der Waals surface area contributed by atoms with Gasteiger partial charge in [-0.3, -0.25) is 0 Å². The van der Waals surface area contributed by atoms with Crippen molar-refractivity contribution in [1.29, 1.82) is 0 Å². The van der Waals surface area contributed by atoms with Crippen LogP contribution in [0.4, 0.5) is 0 Å². The predicted octanol–water partition coefficient (Wildman–Crippen LogP) is 3.83. The third kappa shape index (κ3) is 2.30. The molecule has 2 unspecified atom stereocenters. The molecule has 0 aliphatic heterocycles. The molecule has 2 heteroatoms. The molecule has 3 rings (SSSR count). The molecule has 0 heterocycles. The molecule has 2 N–H and O–H groups in total. The molecule has 1 aromatic carbocycles. The Morgan fingerprint density at radius 3 is 3.00 bits per heavy atom. The summed E-state index contributed by atoms with van der Waals surface area (Å²) in [6, 6.07) is 6.63. The maximum atomic E-state index is 6.02. The fourth-order valence-electron chi connectivity index (χ4n) is 4.90. The van der Waals surface area contributed by atoms with Gasteiger partial charge in [0.1, 0.15) is 5.75 Å². The summed E-state index contributed by atoms with van der Waals surface area (Å²) in [5.74, 6) is 2.27. The largest absolute Gasteiger partial charge is 0.497 e. The van der Waals surface area contributed by atoms with Gasteiger partial charge in [-0.15, -0.1) is 6.58 Å². The maximum Gasteiger partial charge on any atom is 0.119 e. The Morgan fingerprint density at radius 1 is 1.43 bits per heavy atom. The number of hydrogen-bond donors (Lipinski definition) is 1. The average Bonchev–Trinajstić information content (AvgIpc) is 2.54. The molecule has 1 saturated carbocycles. The van der Waals surface area contributed by atoms with Crippen LogP contribution in [0.3, 0.4) is 0 Å². The van der Waals surface area contributed by atoms with E-state index in [1.165, 1.54) is 36.8 Å². The summed E-state index contributed by atoms with van der Waals surface area (Å²) in [6.45, 7) is 4.88. The summed E-state index contributed by atoms with van der Waals surface area (Å²) in [7, 11) is 1.76. The van der Waals surface area contributed by atoms with Gasteiger partial charge in [0.2, 0.25) is 0 Å². The monoisotopic (exact) mass is 285 g/mol. The second-order valence-corrected chi connectivity index (χ2v) is 6.67. The molecular weight excluding hydrogens is 258 g/mol. The van der Waals surface area contributed by atoms with Crippen LogP contribution in [-0.4, -0.2) is 13.7 Å². The summed E-state index contributed by atoms with van der Waals surface area (Å²) >= 11 is 0. The molecule has 3 atom stereocenters. The van der Waals surface area contributed by atoms with E-state index in [1.54, 1.807) is 7.11 Å². The Bertz CT molecular complexity index is 520. The number of allylic oxidation sites excluding steroid dienone is 1. The van der Waals surface area contributed by atoms with Crippen LogP contribution in [0.25, 0.3) is 0 Å². The maximum absolute atomic E-state index is 6.02. The Balaban J connectivity index is 2.15. The Labute approximate surface area is 128 Å². The summed E-state index contributed by atoms with van der Waals surface area (Å²) < 4.78 is 5.48. The second-order valence-electron chi connectivity index (χ2n) is 6.67. The molecule has 0 radical (unpaired) electrons. The molecule has 0 spiro atoms. The van der Waals surface area contributed by atoms with Crippen molar-refractivity contribution >= 4 is 0 Å². The van der Waals surface area contributed by atoms with E-state index < -0.39 is 0 Å². The van der Waals surface area contributed by atoms with Gasteiger partial charge in [-0.1, -0.05) is 25.0 Å². The Kier molecular flexibility index (Phi) is 4.08. The van der Waals surface area contributed by atoms with Gasteiger partial charge >= 0.3 is 0 Å². The molecule has 0 aromatic heterocycles. The fourth-order valence-corrected chi connectivity index (χ4v) is 4.90. The van der Waals surface area contributed by atoms with Crippen molar-refractivity contribution in [3.8, 4) is 5.75 Å². The summed E-state index contributed by atoms with van der Waals surface area (Å²) in [6.07, 6.45) is 9.64. The van der Waals surface area contributed by atoms with Gasteiger partial charge in [-0.2, -0.15) is 0 Å². The van der Waals surface area contributed by atoms with Crippen molar-refractivity contribution in [2.24, 2.45) is 17.6 Å². The quantitative estimate of drug-likeness (QED) is 0.853. The lowest BCUT2D eigenvalue weighted by molar-refractivity contribution is 0.117. The van der Waals surface area contributed by atoms with Gasteiger partial charge in [0.05, 0.1) is 7.11 Å². The van der Waals surface area contributed by atoms with Gasteiger partial charge in [-0.25, -0.2) is 0 Å². The van der Waals surface area contributed by atoms with Crippen molar-refractivity contribution < 1.29 is 4.74 Å². The predicted molar refractivity (Wildman–Crippen MR) is 87.7 cm³/mol. The highest BCUT2D eigenvalue weighted by molar-refractivity contribution is 5.44. The standard InChI is InChI=1S/C19H27NO/c1-3-14-12-15-7-8-16(21-2)13-18(15)19(10-11-20)9-5-4-6-17(14)19/h3,7-8,13-14,17H,1,4-6,9-12,20H2,2H3/t14?,17?,19-/m0/s1. The minimum atomic E-state index is 0.244. The highest BCUT2D eigenvalue weighted by atomic mass is 16.5. The van der Waals surface area contributed by atoms with E-state index in [9.17, 15) is 0 Å². The van der Waals surface area contributed by atoms with E-state index in [1.807, 2.05) is 0 Å². The zero-order chi connectivity index (χ0) is 14.9.